The summed E-state index contributed by atoms with van der Waals surface area (Å²) in [7, 11) is 1.82. The Bertz CT molecular complexity index is 1220. The van der Waals surface area contributed by atoms with Crippen LogP contribution in [0.5, 0.6) is 5.19 Å². The summed E-state index contributed by atoms with van der Waals surface area (Å²) in [5.41, 5.74) is 3.02. The van der Waals surface area contributed by atoms with Crippen molar-refractivity contribution in [3.8, 4) is 5.19 Å². The Hall–Kier alpha value is -2.66. The molecule has 11 heteroatoms. The van der Waals surface area contributed by atoms with Gasteiger partial charge < -0.3 is 10.1 Å². The Morgan fingerprint density at radius 1 is 1.28 bits per heavy atom. The number of carbonyl (C=O) groups is 1. The molecule has 194 valence electrons. The summed E-state index contributed by atoms with van der Waals surface area (Å²) in [5, 5.41) is 11.7. The van der Waals surface area contributed by atoms with Gasteiger partial charge in [0.05, 0.1) is 16.8 Å². The number of hydrogen-bond donors (Lipinski definition) is 1. The predicted molar refractivity (Wildman–Crippen MR) is 134 cm³/mol. The van der Waals surface area contributed by atoms with E-state index in [4.69, 9.17) is 4.74 Å². The molecule has 1 amide bonds. The van der Waals surface area contributed by atoms with Gasteiger partial charge in [0.2, 0.25) is 0 Å². The molecule has 1 aromatic carbocycles. The van der Waals surface area contributed by atoms with Crippen molar-refractivity contribution in [2.24, 2.45) is 13.0 Å². The van der Waals surface area contributed by atoms with Crippen LogP contribution in [0.2, 0.25) is 0 Å². The lowest BCUT2D eigenvalue weighted by molar-refractivity contribution is -0.0230. The molecule has 1 saturated carbocycles. The number of halogens is 2. The van der Waals surface area contributed by atoms with Crippen molar-refractivity contribution >= 4 is 28.3 Å². The number of aryl methyl sites for hydroxylation is 1. The van der Waals surface area contributed by atoms with Gasteiger partial charge in [0.1, 0.15) is 5.52 Å². The second-order valence-corrected chi connectivity index (χ2v) is 11.1. The molecule has 3 aromatic rings. The van der Waals surface area contributed by atoms with Crippen molar-refractivity contribution in [3.05, 3.63) is 34.3 Å². The van der Waals surface area contributed by atoms with Crippen molar-refractivity contribution in [2.75, 3.05) is 19.7 Å². The molecule has 1 fully saturated rings. The summed E-state index contributed by atoms with van der Waals surface area (Å²) >= 11 is 1.39. The fourth-order valence-corrected chi connectivity index (χ4v) is 6.04. The van der Waals surface area contributed by atoms with Crippen LogP contribution in [0.15, 0.2) is 18.2 Å². The molecule has 36 heavy (non-hydrogen) atoms. The van der Waals surface area contributed by atoms with Crippen molar-refractivity contribution in [1.82, 2.24) is 30.2 Å². The smallest absolute Gasteiger partial charge is 0.278 e. The molecule has 5 rings (SSSR count). The molecule has 1 aliphatic heterocycles. The average molecular weight is 519 g/mol. The first kappa shape index (κ1) is 25.0. The maximum absolute atomic E-state index is 13.1. The van der Waals surface area contributed by atoms with Crippen LogP contribution >= 0.6 is 11.3 Å². The maximum atomic E-state index is 13.1. The lowest BCUT2D eigenvalue weighted by atomic mass is 9.84. The number of aromatic nitrogens is 4. The normalized spacial score (nSPS) is 20.9. The average Bonchev–Trinajstić information content (AvgIpc) is 3.44. The first-order chi connectivity index (χ1) is 17.2. The van der Waals surface area contributed by atoms with E-state index in [0.717, 1.165) is 81.2 Å². The van der Waals surface area contributed by atoms with E-state index >= 15 is 0 Å². The number of thiazole rings is 1. The van der Waals surface area contributed by atoms with Crippen LogP contribution in [0.3, 0.4) is 0 Å². The van der Waals surface area contributed by atoms with Gasteiger partial charge in [-0.2, -0.15) is 0 Å². The third kappa shape index (κ3) is 5.83. The number of hydrogen-bond acceptors (Lipinski definition) is 7. The number of rotatable bonds is 8. The van der Waals surface area contributed by atoms with Gasteiger partial charge in [-0.05, 0) is 63.1 Å². The first-order valence-corrected chi connectivity index (χ1v) is 13.4. The van der Waals surface area contributed by atoms with Crippen molar-refractivity contribution in [3.63, 3.8) is 0 Å². The van der Waals surface area contributed by atoms with Crippen LogP contribution < -0.4 is 10.1 Å². The number of nitrogens with zero attached hydrogens (tertiary/aromatic N) is 5. The van der Waals surface area contributed by atoms with Crippen LogP contribution in [-0.4, -0.2) is 62.4 Å². The number of benzene rings is 1. The molecular formula is C25H32F2N6O2S. The maximum Gasteiger partial charge on any atom is 0.278 e. The lowest BCUT2D eigenvalue weighted by Crippen LogP contribution is -2.38. The lowest BCUT2D eigenvalue weighted by Gasteiger charge is -2.32. The molecule has 0 bridgehead atoms. The topological polar surface area (TPSA) is 85.2 Å². The van der Waals surface area contributed by atoms with Crippen molar-refractivity contribution in [2.45, 2.75) is 64.0 Å². The fourth-order valence-electron chi connectivity index (χ4n) is 5.13. The summed E-state index contributed by atoms with van der Waals surface area (Å²) in [6.45, 7) is 2.91. The van der Waals surface area contributed by atoms with E-state index in [0.29, 0.717) is 22.2 Å². The quantitative estimate of drug-likeness (QED) is 0.481. The summed E-state index contributed by atoms with van der Waals surface area (Å²) in [4.78, 5) is 20.9. The SMILES string of the molecule is Cn1nnc2c(C(=O)N[C@H]3CC[C@H](CCN4CCc5sc(OCC(C)(F)F)nc5C4)CC3)cccc21. The first-order valence-electron chi connectivity index (χ1n) is 12.6. The molecule has 2 aromatic heterocycles. The highest BCUT2D eigenvalue weighted by Gasteiger charge is 2.27. The molecule has 0 atom stereocenters. The zero-order chi connectivity index (χ0) is 25.3. The summed E-state index contributed by atoms with van der Waals surface area (Å²) < 4.78 is 33.0. The zero-order valence-corrected chi connectivity index (χ0v) is 21.5. The van der Waals surface area contributed by atoms with E-state index in [2.05, 4.69) is 25.5 Å². The van der Waals surface area contributed by atoms with Crippen molar-refractivity contribution in [1.29, 1.82) is 0 Å². The molecule has 2 aliphatic rings. The molecule has 0 spiro atoms. The molecule has 8 nitrogen and oxygen atoms in total. The predicted octanol–water partition coefficient (Wildman–Crippen LogP) is 4.20. The highest BCUT2D eigenvalue weighted by molar-refractivity contribution is 7.13. The summed E-state index contributed by atoms with van der Waals surface area (Å²) in [5.74, 6) is -2.29. The standard InChI is InChI=1S/C25H32F2N6O2S/c1-25(26,27)15-35-24-29-19-14-33(13-11-21(19)36-24)12-10-16-6-8-17(9-7-16)28-23(34)18-4-3-5-20-22(18)30-31-32(20)2/h3-5,16-17H,6-15H2,1-2H3,(H,28,34)/t16-,17-. The van der Waals surface area contributed by atoms with Crippen molar-refractivity contribution < 1.29 is 18.3 Å². The number of amides is 1. The third-order valence-electron chi connectivity index (χ3n) is 7.16. The second kappa shape index (κ2) is 10.4. The minimum atomic E-state index is -2.86. The second-order valence-electron chi connectivity index (χ2n) is 10.1. The van der Waals surface area contributed by atoms with Crippen LogP contribution in [-0.2, 0) is 20.0 Å². The number of fused-ring (bicyclic) bond motifs is 2. The van der Waals surface area contributed by atoms with Crippen LogP contribution in [0.1, 0.15) is 60.0 Å². The monoisotopic (exact) mass is 518 g/mol. The molecule has 0 saturated heterocycles. The zero-order valence-electron chi connectivity index (χ0n) is 20.7. The van der Waals surface area contributed by atoms with Gasteiger partial charge in [0.25, 0.3) is 17.0 Å². The Labute approximate surface area is 213 Å². The van der Waals surface area contributed by atoms with E-state index in [-0.39, 0.29) is 11.9 Å². The van der Waals surface area contributed by atoms with Gasteiger partial charge in [-0.15, -0.1) is 5.10 Å². The Morgan fingerprint density at radius 2 is 2.08 bits per heavy atom. The Kier molecular flexibility index (Phi) is 7.21. The van der Waals surface area contributed by atoms with Gasteiger partial charge in [-0.3, -0.25) is 9.69 Å². The fraction of sp³-hybridized carbons (Fsp3) is 0.600. The van der Waals surface area contributed by atoms with Gasteiger partial charge in [-0.25, -0.2) is 18.4 Å². The minimum absolute atomic E-state index is 0.0806. The van der Waals surface area contributed by atoms with Gasteiger partial charge in [-0.1, -0.05) is 22.6 Å². The summed E-state index contributed by atoms with van der Waals surface area (Å²) in [6, 6.07) is 5.76. The van der Waals surface area contributed by atoms with Gasteiger partial charge in [0, 0.05) is 38.0 Å². The van der Waals surface area contributed by atoms with Gasteiger partial charge >= 0.3 is 0 Å². The number of alkyl halides is 2. The van der Waals surface area contributed by atoms with E-state index in [1.54, 1.807) is 10.7 Å². The van der Waals surface area contributed by atoms with E-state index in [1.165, 1.54) is 11.3 Å². The molecule has 1 aliphatic carbocycles. The molecule has 3 heterocycles. The molecule has 0 radical (unpaired) electrons. The Balaban J connectivity index is 1.06. The van der Waals surface area contributed by atoms with Crippen LogP contribution in [0.25, 0.3) is 11.0 Å². The van der Waals surface area contributed by atoms with Gasteiger partial charge in [0.15, 0.2) is 6.61 Å². The molecular weight excluding hydrogens is 486 g/mol. The number of ether oxygens (including phenoxy) is 1. The molecule has 1 N–H and O–H groups in total. The van der Waals surface area contributed by atoms with E-state index in [1.807, 2.05) is 19.2 Å². The highest BCUT2D eigenvalue weighted by atomic mass is 32.1. The van der Waals surface area contributed by atoms with E-state index < -0.39 is 12.5 Å². The van der Waals surface area contributed by atoms with E-state index in [9.17, 15) is 13.6 Å². The Morgan fingerprint density at radius 3 is 2.86 bits per heavy atom. The number of nitrogens with one attached hydrogen (secondary N) is 1. The largest absolute Gasteiger partial charge is 0.464 e. The highest BCUT2D eigenvalue weighted by Crippen LogP contribution is 2.32. The summed E-state index contributed by atoms with van der Waals surface area (Å²) in [6.07, 6.45) is 6.15. The molecule has 0 unspecified atom stereocenters. The van der Waals surface area contributed by atoms with Crippen LogP contribution in [0, 0.1) is 5.92 Å². The minimum Gasteiger partial charge on any atom is -0.464 e. The number of carbonyl (C=O) groups excluding carboxylic acids is 1. The van der Waals surface area contributed by atoms with Crippen LogP contribution in [0.4, 0.5) is 8.78 Å². The third-order valence-corrected chi connectivity index (χ3v) is 8.23.